The first-order valence-corrected chi connectivity index (χ1v) is 6.23. The van der Waals surface area contributed by atoms with Gasteiger partial charge in [0.1, 0.15) is 18.5 Å². The third-order valence-corrected chi connectivity index (χ3v) is 2.44. The van der Waals surface area contributed by atoms with Crippen LogP contribution in [-0.2, 0) is 0 Å². The number of aliphatic hydroxyl groups is 1. The van der Waals surface area contributed by atoms with Gasteiger partial charge in [-0.3, -0.25) is 0 Å². The van der Waals surface area contributed by atoms with E-state index < -0.39 is 6.10 Å². The van der Waals surface area contributed by atoms with Gasteiger partial charge in [0, 0.05) is 11.6 Å². The Morgan fingerprint density at radius 2 is 1.88 bits per heavy atom. The van der Waals surface area contributed by atoms with Gasteiger partial charge in [-0.2, -0.15) is 0 Å². The Labute approximate surface area is 108 Å². The predicted molar refractivity (Wildman–Crippen MR) is 70.7 cm³/mol. The van der Waals surface area contributed by atoms with Gasteiger partial charge in [-0.1, -0.05) is 25.4 Å². The first-order chi connectivity index (χ1) is 8.08. The fraction of sp³-hybridized carbons (Fsp3) is 0.538. The number of rotatable bonds is 7. The molecule has 1 aromatic rings. The molecule has 0 saturated carbocycles. The summed E-state index contributed by atoms with van der Waals surface area (Å²) >= 11 is 5.76. The van der Waals surface area contributed by atoms with E-state index in [0.717, 1.165) is 12.3 Å². The number of nitrogens with one attached hydrogen (secondary N) is 1. The zero-order valence-electron chi connectivity index (χ0n) is 10.3. The summed E-state index contributed by atoms with van der Waals surface area (Å²) in [5.74, 6) is 1.30. The summed E-state index contributed by atoms with van der Waals surface area (Å²) in [5.41, 5.74) is 0. The molecule has 0 aliphatic rings. The molecule has 0 radical (unpaired) electrons. The summed E-state index contributed by atoms with van der Waals surface area (Å²) in [4.78, 5) is 0. The predicted octanol–water partition coefficient (Wildman–Crippen LogP) is 2.33. The van der Waals surface area contributed by atoms with Gasteiger partial charge in [0.2, 0.25) is 0 Å². The zero-order chi connectivity index (χ0) is 12.7. The fourth-order valence-electron chi connectivity index (χ4n) is 1.32. The van der Waals surface area contributed by atoms with Crippen LogP contribution in [0.5, 0.6) is 5.75 Å². The SMILES string of the molecule is CC(C)CNC[C@@H](O)COc1ccc(Cl)cc1. The average molecular weight is 258 g/mol. The molecule has 0 amide bonds. The van der Waals surface area contributed by atoms with E-state index in [1.807, 2.05) is 0 Å². The van der Waals surface area contributed by atoms with Gasteiger partial charge in [0.15, 0.2) is 0 Å². The van der Waals surface area contributed by atoms with Crippen molar-refractivity contribution in [1.82, 2.24) is 5.32 Å². The second kappa shape index (κ2) is 7.54. The Morgan fingerprint density at radius 1 is 1.24 bits per heavy atom. The van der Waals surface area contributed by atoms with Gasteiger partial charge < -0.3 is 15.2 Å². The summed E-state index contributed by atoms with van der Waals surface area (Å²) in [5, 5.41) is 13.5. The van der Waals surface area contributed by atoms with E-state index in [0.29, 0.717) is 17.5 Å². The zero-order valence-corrected chi connectivity index (χ0v) is 11.1. The summed E-state index contributed by atoms with van der Waals surface area (Å²) in [7, 11) is 0. The third-order valence-electron chi connectivity index (χ3n) is 2.19. The number of hydrogen-bond acceptors (Lipinski definition) is 3. The Kier molecular flexibility index (Phi) is 6.34. The molecule has 2 N–H and O–H groups in total. The standard InChI is InChI=1S/C13H20ClNO2/c1-10(2)7-15-8-12(16)9-17-13-5-3-11(14)4-6-13/h3-6,10,12,15-16H,7-9H2,1-2H3/t12-/m1/s1. The molecule has 3 nitrogen and oxygen atoms in total. The molecular weight excluding hydrogens is 238 g/mol. The monoisotopic (exact) mass is 257 g/mol. The molecule has 96 valence electrons. The van der Waals surface area contributed by atoms with Crippen LogP contribution in [0.3, 0.4) is 0 Å². The Bertz CT molecular complexity index is 314. The second-order valence-electron chi connectivity index (χ2n) is 4.47. The van der Waals surface area contributed by atoms with Crippen molar-refractivity contribution < 1.29 is 9.84 Å². The summed E-state index contributed by atoms with van der Waals surface area (Å²) < 4.78 is 5.43. The summed E-state index contributed by atoms with van der Waals surface area (Å²) in [6.07, 6.45) is -0.496. The maximum absolute atomic E-state index is 9.66. The highest BCUT2D eigenvalue weighted by Gasteiger charge is 2.05. The largest absolute Gasteiger partial charge is 0.491 e. The Hall–Kier alpha value is -0.770. The maximum atomic E-state index is 9.66. The minimum atomic E-state index is -0.496. The van der Waals surface area contributed by atoms with Crippen molar-refractivity contribution in [2.45, 2.75) is 20.0 Å². The van der Waals surface area contributed by atoms with E-state index in [1.54, 1.807) is 24.3 Å². The first-order valence-electron chi connectivity index (χ1n) is 5.85. The molecule has 0 saturated heterocycles. The summed E-state index contributed by atoms with van der Waals surface area (Å²) in [6.45, 7) is 5.99. The van der Waals surface area contributed by atoms with Crippen molar-refractivity contribution in [2.24, 2.45) is 5.92 Å². The highest BCUT2D eigenvalue weighted by Crippen LogP contribution is 2.15. The van der Waals surface area contributed by atoms with Crippen LogP contribution >= 0.6 is 11.6 Å². The molecule has 17 heavy (non-hydrogen) atoms. The number of ether oxygens (including phenoxy) is 1. The maximum Gasteiger partial charge on any atom is 0.119 e. The molecule has 1 rings (SSSR count). The molecule has 0 aliphatic carbocycles. The molecule has 0 unspecified atom stereocenters. The molecule has 1 aromatic carbocycles. The van der Waals surface area contributed by atoms with Crippen molar-refractivity contribution in [3.63, 3.8) is 0 Å². The summed E-state index contributed by atoms with van der Waals surface area (Å²) in [6, 6.07) is 7.10. The molecule has 0 aromatic heterocycles. The minimum Gasteiger partial charge on any atom is -0.491 e. The van der Waals surface area contributed by atoms with E-state index in [4.69, 9.17) is 16.3 Å². The molecule has 1 atom stereocenters. The number of hydrogen-bond donors (Lipinski definition) is 2. The number of halogens is 1. The van der Waals surface area contributed by atoms with Crippen molar-refractivity contribution in [3.8, 4) is 5.75 Å². The molecule has 0 heterocycles. The number of benzene rings is 1. The van der Waals surface area contributed by atoms with Crippen LogP contribution in [-0.4, -0.2) is 30.9 Å². The first kappa shape index (κ1) is 14.3. The quantitative estimate of drug-likeness (QED) is 0.788. The van der Waals surface area contributed by atoms with Crippen LogP contribution in [0.25, 0.3) is 0 Å². The van der Waals surface area contributed by atoms with Crippen LogP contribution in [0.1, 0.15) is 13.8 Å². The van der Waals surface area contributed by atoms with Crippen LogP contribution in [0.15, 0.2) is 24.3 Å². The molecule has 4 heteroatoms. The van der Waals surface area contributed by atoms with E-state index >= 15 is 0 Å². The Morgan fingerprint density at radius 3 is 2.47 bits per heavy atom. The molecule has 0 aliphatic heterocycles. The average Bonchev–Trinajstić information content (AvgIpc) is 2.28. The van der Waals surface area contributed by atoms with E-state index in [9.17, 15) is 5.11 Å². The molecule has 0 bridgehead atoms. The van der Waals surface area contributed by atoms with Crippen LogP contribution in [0.4, 0.5) is 0 Å². The van der Waals surface area contributed by atoms with E-state index in [1.165, 1.54) is 0 Å². The van der Waals surface area contributed by atoms with Crippen molar-refractivity contribution in [1.29, 1.82) is 0 Å². The van der Waals surface area contributed by atoms with E-state index in [2.05, 4.69) is 19.2 Å². The van der Waals surface area contributed by atoms with Crippen molar-refractivity contribution in [2.75, 3.05) is 19.7 Å². The topological polar surface area (TPSA) is 41.5 Å². The van der Waals surface area contributed by atoms with Crippen molar-refractivity contribution >= 4 is 11.6 Å². The van der Waals surface area contributed by atoms with Gasteiger partial charge in [-0.15, -0.1) is 0 Å². The normalized spacial score (nSPS) is 12.8. The van der Waals surface area contributed by atoms with Gasteiger partial charge in [-0.05, 0) is 36.7 Å². The van der Waals surface area contributed by atoms with Crippen LogP contribution in [0, 0.1) is 5.92 Å². The van der Waals surface area contributed by atoms with Crippen LogP contribution < -0.4 is 10.1 Å². The van der Waals surface area contributed by atoms with Crippen molar-refractivity contribution in [3.05, 3.63) is 29.3 Å². The lowest BCUT2D eigenvalue weighted by molar-refractivity contribution is 0.106. The molecule has 0 spiro atoms. The van der Waals surface area contributed by atoms with E-state index in [-0.39, 0.29) is 6.61 Å². The lowest BCUT2D eigenvalue weighted by Crippen LogP contribution is -2.33. The van der Waals surface area contributed by atoms with Gasteiger partial charge in [0.25, 0.3) is 0 Å². The highest BCUT2D eigenvalue weighted by molar-refractivity contribution is 6.30. The molecular formula is C13H20ClNO2. The van der Waals surface area contributed by atoms with Gasteiger partial charge >= 0.3 is 0 Å². The lowest BCUT2D eigenvalue weighted by Gasteiger charge is -2.14. The van der Waals surface area contributed by atoms with Crippen LogP contribution in [0.2, 0.25) is 5.02 Å². The third kappa shape index (κ3) is 6.51. The van der Waals surface area contributed by atoms with Gasteiger partial charge in [0.05, 0.1) is 0 Å². The Balaban J connectivity index is 2.19. The number of aliphatic hydroxyl groups excluding tert-OH is 1. The smallest absolute Gasteiger partial charge is 0.119 e. The van der Waals surface area contributed by atoms with Gasteiger partial charge in [-0.25, -0.2) is 0 Å². The lowest BCUT2D eigenvalue weighted by atomic mass is 10.2. The highest BCUT2D eigenvalue weighted by atomic mass is 35.5. The minimum absolute atomic E-state index is 0.284. The molecule has 0 fully saturated rings. The fourth-order valence-corrected chi connectivity index (χ4v) is 1.45. The second-order valence-corrected chi connectivity index (χ2v) is 4.91.